The highest BCUT2D eigenvalue weighted by molar-refractivity contribution is 7.92. The molecule has 2 amide bonds. The topological polar surface area (TPSA) is 114 Å². The second-order valence-electron chi connectivity index (χ2n) is 9.00. The minimum atomic E-state index is -3.89. The lowest BCUT2D eigenvalue weighted by Gasteiger charge is -2.33. The van der Waals surface area contributed by atoms with Crippen molar-refractivity contribution in [1.82, 2.24) is 10.2 Å². The van der Waals surface area contributed by atoms with Crippen molar-refractivity contribution >= 4 is 27.5 Å². The van der Waals surface area contributed by atoms with E-state index in [1.807, 2.05) is 36.4 Å². The maximum atomic E-state index is 14.0. The first-order chi connectivity index (χ1) is 18.7. The fourth-order valence-corrected chi connectivity index (χ4v) is 5.18. The number of benzene rings is 3. The molecule has 1 heterocycles. The third-order valence-corrected chi connectivity index (χ3v) is 7.47. The third kappa shape index (κ3) is 6.80. The number of carbonyl (C=O) groups excluding carboxylic acids is 2. The number of nitrogens with one attached hydrogen (secondary N) is 1. The molecular weight excluding hydrogens is 522 g/mol. The van der Waals surface area contributed by atoms with Gasteiger partial charge in [-0.15, -0.1) is 0 Å². The molecule has 1 unspecified atom stereocenters. The maximum Gasteiger partial charge on any atom is 0.244 e. The van der Waals surface area contributed by atoms with Gasteiger partial charge in [0.05, 0.1) is 19.1 Å². The lowest BCUT2D eigenvalue weighted by molar-refractivity contribution is -0.139. The monoisotopic (exact) mass is 553 g/mol. The zero-order valence-corrected chi connectivity index (χ0v) is 22.8. The Bertz CT molecular complexity index is 1430. The highest BCUT2D eigenvalue weighted by Gasteiger charge is 2.33. The van der Waals surface area contributed by atoms with Gasteiger partial charge in [-0.25, -0.2) is 8.42 Å². The molecule has 11 heteroatoms. The normalized spacial score (nSPS) is 12.9. The van der Waals surface area contributed by atoms with Gasteiger partial charge in [0.25, 0.3) is 0 Å². The summed E-state index contributed by atoms with van der Waals surface area (Å²) in [5.41, 5.74) is 1.82. The van der Waals surface area contributed by atoms with Crippen LogP contribution in [-0.2, 0) is 32.6 Å². The van der Waals surface area contributed by atoms with Crippen molar-refractivity contribution in [3.8, 4) is 17.2 Å². The first-order valence-electron chi connectivity index (χ1n) is 12.2. The largest absolute Gasteiger partial charge is 0.497 e. The summed E-state index contributed by atoms with van der Waals surface area (Å²) in [5, 5.41) is 2.65. The van der Waals surface area contributed by atoms with Gasteiger partial charge in [0.1, 0.15) is 18.3 Å². The Morgan fingerprint density at radius 3 is 2.38 bits per heavy atom. The molecule has 0 aliphatic carbocycles. The smallest absolute Gasteiger partial charge is 0.244 e. The van der Waals surface area contributed by atoms with Gasteiger partial charge in [0.2, 0.25) is 28.6 Å². The molecular formula is C28H31N3O7S. The van der Waals surface area contributed by atoms with E-state index in [0.29, 0.717) is 17.2 Å². The number of likely N-dealkylation sites (N-methyl/N-ethyl adjacent to an activating group) is 1. The molecule has 0 bridgehead atoms. The second-order valence-corrected chi connectivity index (χ2v) is 10.9. The molecule has 1 atom stereocenters. The second kappa shape index (κ2) is 12.1. The SMILES string of the molecule is CNC(=O)C(Cc1ccccc1)N(Cc1cccc(OC)c1)C(=O)CN(c1ccc2c(c1)OCO2)S(C)(=O)=O. The number of methoxy groups -OCH3 is 1. The van der Waals surface area contributed by atoms with Gasteiger partial charge < -0.3 is 24.4 Å². The zero-order valence-electron chi connectivity index (χ0n) is 22.0. The summed E-state index contributed by atoms with van der Waals surface area (Å²) in [6, 6.07) is 20.2. The third-order valence-electron chi connectivity index (χ3n) is 6.33. The lowest BCUT2D eigenvalue weighted by atomic mass is 10.0. The summed E-state index contributed by atoms with van der Waals surface area (Å²) in [6.45, 7) is -0.442. The molecule has 0 saturated carbocycles. The minimum Gasteiger partial charge on any atom is -0.497 e. The van der Waals surface area contributed by atoms with Gasteiger partial charge in [-0.2, -0.15) is 0 Å². The Kier molecular flexibility index (Phi) is 8.60. The van der Waals surface area contributed by atoms with Crippen LogP contribution < -0.4 is 23.8 Å². The minimum absolute atomic E-state index is 0.0260. The molecule has 39 heavy (non-hydrogen) atoms. The Labute approximate surface area is 228 Å². The fourth-order valence-electron chi connectivity index (χ4n) is 4.34. The van der Waals surface area contributed by atoms with Crippen molar-refractivity contribution in [2.24, 2.45) is 0 Å². The van der Waals surface area contributed by atoms with Crippen molar-refractivity contribution in [3.63, 3.8) is 0 Å². The summed E-state index contributed by atoms with van der Waals surface area (Å²) in [7, 11) is -0.843. The molecule has 0 radical (unpaired) electrons. The van der Waals surface area contributed by atoms with Gasteiger partial charge >= 0.3 is 0 Å². The number of anilines is 1. The molecule has 0 saturated heterocycles. The summed E-state index contributed by atoms with van der Waals surface area (Å²) in [5.74, 6) is 0.543. The van der Waals surface area contributed by atoms with Crippen molar-refractivity contribution < 1.29 is 32.2 Å². The van der Waals surface area contributed by atoms with Gasteiger partial charge in [-0.1, -0.05) is 42.5 Å². The predicted molar refractivity (Wildman–Crippen MR) is 146 cm³/mol. The fraction of sp³-hybridized carbons (Fsp3) is 0.286. The predicted octanol–water partition coefficient (Wildman–Crippen LogP) is 2.58. The van der Waals surface area contributed by atoms with E-state index in [-0.39, 0.29) is 31.4 Å². The average Bonchev–Trinajstić information content (AvgIpc) is 3.41. The first kappa shape index (κ1) is 27.8. The number of amides is 2. The van der Waals surface area contributed by atoms with Crippen molar-refractivity contribution in [2.45, 2.75) is 19.0 Å². The van der Waals surface area contributed by atoms with Crippen LogP contribution in [0.5, 0.6) is 17.2 Å². The van der Waals surface area contributed by atoms with E-state index in [2.05, 4.69) is 5.32 Å². The number of hydrogen-bond donors (Lipinski definition) is 1. The van der Waals surface area contributed by atoms with Gasteiger partial charge in [-0.3, -0.25) is 13.9 Å². The van der Waals surface area contributed by atoms with Gasteiger partial charge in [0.15, 0.2) is 11.5 Å². The van der Waals surface area contributed by atoms with Gasteiger partial charge in [0, 0.05) is 26.1 Å². The van der Waals surface area contributed by atoms with E-state index < -0.39 is 28.5 Å². The van der Waals surface area contributed by atoms with Crippen LogP contribution in [0.2, 0.25) is 0 Å². The Morgan fingerprint density at radius 2 is 1.69 bits per heavy atom. The zero-order chi connectivity index (χ0) is 28.0. The Balaban J connectivity index is 1.71. The first-order valence-corrected chi connectivity index (χ1v) is 14.1. The molecule has 206 valence electrons. The quantitative estimate of drug-likeness (QED) is 0.388. The summed E-state index contributed by atoms with van der Waals surface area (Å²) in [4.78, 5) is 28.5. The van der Waals surface area contributed by atoms with Crippen LogP contribution in [0.1, 0.15) is 11.1 Å². The van der Waals surface area contributed by atoms with Crippen LogP contribution in [0.25, 0.3) is 0 Å². The van der Waals surface area contributed by atoms with Gasteiger partial charge in [-0.05, 0) is 35.4 Å². The number of rotatable bonds is 11. The molecule has 4 rings (SSSR count). The van der Waals surface area contributed by atoms with Crippen molar-refractivity contribution in [2.75, 3.05) is 38.1 Å². The van der Waals surface area contributed by atoms with Crippen molar-refractivity contribution in [3.05, 3.63) is 83.9 Å². The average molecular weight is 554 g/mol. The molecule has 3 aromatic carbocycles. The standard InChI is InChI=1S/C28H31N3O7S/c1-29-28(33)24(15-20-8-5-4-6-9-20)30(17-21-10-7-11-23(14-21)36-2)27(32)18-31(39(3,34)35)22-12-13-25-26(16-22)38-19-37-25/h4-14,16,24H,15,17-19H2,1-3H3,(H,29,33). The Hall–Kier alpha value is -4.25. The van der Waals surface area contributed by atoms with E-state index in [1.165, 1.54) is 18.0 Å². The van der Waals surface area contributed by atoms with Crippen LogP contribution in [0, 0.1) is 0 Å². The number of carbonyl (C=O) groups is 2. The molecule has 1 aliphatic rings. The van der Waals surface area contributed by atoms with E-state index in [1.54, 1.807) is 37.4 Å². The molecule has 3 aromatic rings. The summed E-state index contributed by atoms with van der Waals surface area (Å²) >= 11 is 0. The number of nitrogens with zero attached hydrogens (tertiary/aromatic N) is 2. The van der Waals surface area contributed by atoms with Crippen molar-refractivity contribution in [1.29, 1.82) is 0 Å². The van der Waals surface area contributed by atoms with Crippen LogP contribution in [0.15, 0.2) is 72.8 Å². The maximum absolute atomic E-state index is 14.0. The number of fused-ring (bicyclic) bond motifs is 1. The molecule has 1 N–H and O–H groups in total. The highest BCUT2D eigenvalue weighted by atomic mass is 32.2. The van der Waals surface area contributed by atoms with Crippen LogP contribution in [0.3, 0.4) is 0 Å². The summed E-state index contributed by atoms with van der Waals surface area (Å²) in [6.07, 6.45) is 1.26. The van der Waals surface area contributed by atoms with E-state index in [0.717, 1.165) is 21.7 Å². The lowest BCUT2D eigenvalue weighted by Crippen LogP contribution is -2.52. The summed E-state index contributed by atoms with van der Waals surface area (Å²) < 4.78 is 42.8. The van der Waals surface area contributed by atoms with E-state index in [4.69, 9.17) is 14.2 Å². The van der Waals surface area contributed by atoms with Crippen LogP contribution in [-0.4, -0.2) is 64.9 Å². The van der Waals surface area contributed by atoms with Crippen LogP contribution >= 0.6 is 0 Å². The molecule has 10 nitrogen and oxygen atoms in total. The number of hydrogen-bond acceptors (Lipinski definition) is 7. The molecule has 0 aromatic heterocycles. The highest BCUT2D eigenvalue weighted by Crippen LogP contribution is 2.36. The number of ether oxygens (including phenoxy) is 3. The Morgan fingerprint density at radius 1 is 0.974 bits per heavy atom. The number of sulfonamides is 1. The van der Waals surface area contributed by atoms with Crippen LogP contribution in [0.4, 0.5) is 5.69 Å². The van der Waals surface area contributed by atoms with E-state index in [9.17, 15) is 18.0 Å². The molecule has 0 spiro atoms. The molecule has 1 aliphatic heterocycles. The van der Waals surface area contributed by atoms with E-state index >= 15 is 0 Å². The molecule has 0 fully saturated rings.